The Kier molecular flexibility index (Phi) is 28.6. The van der Waals surface area contributed by atoms with Crippen LogP contribution >= 0.6 is 46.9 Å². The number of nitrogens with one attached hydrogen (secondary N) is 4. The summed E-state index contributed by atoms with van der Waals surface area (Å²) in [4.78, 5) is 183. The minimum absolute atomic E-state index is 0.0268. The highest BCUT2D eigenvalue weighted by molar-refractivity contribution is 7.67. The number of hydrogen-bond donors (Lipinski definition) is 12. The standard InChI is InChI=1S/2C37H38N5O17P3/c1-40(2)23-8-12-27-30(17-23)57-31-18-24(41(3)4)9-13-28(31)33(27)29-16-21(7-11-26(29)36(45)46)34(43)38-15-5-6-22-19-42(37(47)39-35(22)44)32-14-10-25(56-32)20-55-61(51,52)59-62(53,54)58-60(48,49)50;1-40(2)23-8-12-27-30(17-23)57-31-18-24(41(3)4)9-13-28(31)33(27)26-11-7-21(16-29(26)36(45)46)34(43)38-15-5-6-22-19-42(37(47)39-35(22)44)32-14-10-25(56-32)20-55-61(51,52)59-62(53,54)58-60(48,49)50/h2*7-9,11-13,16-19,25,32H,10,14-15,20H2,1-4H3,(H6-,38,39,43,44,45,46,47,48,49,50,51,52,53,54)/t2*25-,32+/m00/s1. The third-order valence-electron chi connectivity index (χ3n) is 18.5. The van der Waals surface area contributed by atoms with Crippen LogP contribution in [0.1, 0.15) is 90.7 Å². The topological polar surface area (TPSA) is 625 Å². The minimum Gasteiger partial charge on any atom is -0.545 e. The van der Waals surface area contributed by atoms with Crippen molar-refractivity contribution in [2.75, 3.05) is 92.5 Å². The van der Waals surface area contributed by atoms with Gasteiger partial charge in [0.25, 0.3) is 22.9 Å². The number of aromatic carboxylic acids is 2. The van der Waals surface area contributed by atoms with Crippen molar-refractivity contribution in [1.82, 2.24) is 38.9 Å². The van der Waals surface area contributed by atoms with Gasteiger partial charge in [0.2, 0.25) is 10.7 Å². The van der Waals surface area contributed by atoms with Gasteiger partial charge in [-0.25, -0.2) is 46.1 Å². The van der Waals surface area contributed by atoms with Crippen molar-refractivity contribution in [2.24, 2.45) is 0 Å². The molecule has 2 amide bonds. The molecule has 6 aliphatic rings. The fourth-order valence-corrected chi connectivity index (χ4v) is 19.0. The van der Waals surface area contributed by atoms with Crippen LogP contribution in [0, 0.1) is 23.7 Å². The van der Waals surface area contributed by atoms with E-state index in [4.69, 9.17) is 37.9 Å². The van der Waals surface area contributed by atoms with E-state index in [1.165, 1.54) is 36.4 Å². The number of carboxylic acid groups (broad SMARTS) is 2. The summed E-state index contributed by atoms with van der Waals surface area (Å²) in [5.41, 5.74) is 1.08. The maximum Gasteiger partial charge on any atom is 0.490 e. The predicted molar refractivity (Wildman–Crippen MR) is 435 cm³/mol. The Morgan fingerprint density at radius 1 is 0.492 bits per heavy atom. The van der Waals surface area contributed by atoms with Crippen LogP contribution in [-0.4, -0.2) is 177 Å². The Morgan fingerprint density at radius 3 is 1.28 bits per heavy atom. The SMILES string of the molecule is CN(C)c1ccc2c(-c3cc(C(=O)NCC#Cc4cn([C@H]5CC[C@@H](COP(=O)(O)OP(=O)(O)OP(=O)(O)O)O5)c(=O)[nH]c4=O)ccc3C(=O)[O-])c3ccc(=[N+](C)C)cc-3oc2c1.CN(C)c1ccc2c(-c3ccc(C(=O)NCC#Cc4cn([C@H]5CC[C@@H](COP(=O)(O)OP(=O)(O)OP(=O)(O)O)O5)c(=O)[nH]c4=O)cc3C(=O)[O-])c3ccc(=[N+](C)C)cc-3oc2c1. The quantitative estimate of drug-likeness (QED) is 0.0160. The van der Waals surface area contributed by atoms with Crippen molar-refractivity contribution in [3.05, 3.63) is 207 Å². The Bertz CT molecular complexity index is 6750. The number of hydrogen-bond acceptors (Lipinski definition) is 28. The van der Waals surface area contributed by atoms with Crippen LogP contribution in [-0.2, 0) is 63.2 Å². The lowest BCUT2D eigenvalue weighted by Gasteiger charge is -2.20. The summed E-state index contributed by atoms with van der Waals surface area (Å²) < 4.78 is 123. The van der Waals surface area contributed by atoms with Gasteiger partial charge >= 0.3 is 58.3 Å². The largest absolute Gasteiger partial charge is 0.545 e. The summed E-state index contributed by atoms with van der Waals surface area (Å²) >= 11 is 0. The summed E-state index contributed by atoms with van der Waals surface area (Å²) in [6.45, 7) is -2.11. The van der Waals surface area contributed by atoms with E-state index in [0.29, 0.717) is 55.7 Å². The lowest BCUT2D eigenvalue weighted by molar-refractivity contribution is -0.256. The second-order valence-electron chi connectivity index (χ2n) is 28.1. The molecule has 44 nitrogen and oxygen atoms in total. The fraction of sp³-hybridized carbons (Fsp3) is 0.270. The Morgan fingerprint density at radius 2 is 0.887 bits per heavy atom. The van der Waals surface area contributed by atoms with Crippen molar-refractivity contribution in [3.63, 3.8) is 0 Å². The van der Waals surface area contributed by atoms with Gasteiger partial charge in [0, 0.05) is 132 Å². The van der Waals surface area contributed by atoms with E-state index >= 15 is 0 Å². The third kappa shape index (κ3) is 23.5. The number of ether oxygens (including phenoxy) is 2. The molecule has 2 saturated heterocycles. The summed E-state index contributed by atoms with van der Waals surface area (Å²) in [5.74, 6) is 7.00. The molecule has 12 rings (SSSR count). The second-order valence-corrected chi connectivity index (χ2v) is 36.9. The number of rotatable bonds is 26. The molecule has 0 saturated carbocycles. The number of phosphoric ester groups is 2. The number of nitrogens with zero attached hydrogens (tertiary/aromatic N) is 6. The number of fused-ring (bicyclic) bond motifs is 4. The number of carbonyl (C=O) groups excluding carboxylic acids is 4. The Labute approximate surface area is 699 Å². The van der Waals surface area contributed by atoms with Crippen LogP contribution in [0.15, 0.2) is 150 Å². The first-order valence-electron chi connectivity index (χ1n) is 36.2. The Balaban J connectivity index is 0.000000241. The van der Waals surface area contributed by atoms with Crippen molar-refractivity contribution >= 4 is 104 Å². The molecule has 2 aliphatic carbocycles. The number of amides is 2. The van der Waals surface area contributed by atoms with E-state index in [1.54, 1.807) is 0 Å². The smallest absolute Gasteiger partial charge is 0.490 e. The van der Waals surface area contributed by atoms with Gasteiger partial charge in [-0.3, -0.25) is 47.3 Å². The van der Waals surface area contributed by atoms with E-state index in [9.17, 15) is 95.5 Å². The van der Waals surface area contributed by atoms with Crippen molar-refractivity contribution < 1.29 is 141 Å². The van der Waals surface area contributed by atoms with Gasteiger partial charge in [0.1, 0.15) is 74.5 Å². The predicted octanol–water partition coefficient (Wildman–Crippen LogP) is 2.64. The monoisotopic (exact) mass is 1830 g/mol. The maximum absolute atomic E-state index is 13.5. The number of H-pyrrole nitrogens is 2. The fourth-order valence-electron chi connectivity index (χ4n) is 12.9. The molecule has 0 radical (unpaired) electrons. The van der Waals surface area contributed by atoms with Crippen molar-refractivity contribution in [2.45, 2.75) is 50.3 Å². The minimum atomic E-state index is -5.73. The van der Waals surface area contributed by atoms with Crippen LogP contribution < -0.4 is 73.0 Å². The zero-order valence-corrected chi connectivity index (χ0v) is 71.4. The number of carbonyl (C=O) groups is 4. The molecule has 2 fully saturated rings. The summed E-state index contributed by atoms with van der Waals surface area (Å²) in [6, 6.07) is 30.3. The van der Waals surface area contributed by atoms with Crippen LogP contribution in [0.4, 0.5) is 11.4 Å². The van der Waals surface area contributed by atoms with E-state index in [-0.39, 0.29) is 83.3 Å². The summed E-state index contributed by atoms with van der Waals surface area (Å²) in [5, 5.41) is 33.2. The van der Waals surface area contributed by atoms with Gasteiger partial charge in [-0.15, -0.1) is 0 Å². The molecule has 4 unspecified atom stereocenters. The number of aromatic amines is 2. The van der Waals surface area contributed by atoms with Crippen LogP contribution in [0.5, 0.6) is 0 Å². The van der Waals surface area contributed by atoms with Crippen LogP contribution in [0.2, 0.25) is 0 Å². The molecule has 8 atom stereocenters. The lowest BCUT2D eigenvalue weighted by atomic mass is 9.89. The van der Waals surface area contributed by atoms with E-state index < -0.39 is 131 Å². The zero-order valence-electron chi connectivity index (χ0n) is 66.1. The van der Waals surface area contributed by atoms with Crippen molar-refractivity contribution in [3.8, 4) is 68.6 Å². The summed E-state index contributed by atoms with van der Waals surface area (Å²) in [7, 11) is -18.5. The van der Waals surface area contributed by atoms with Gasteiger partial charge in [-0.05, 0) is 97.5 Å². The lowest BCUT2D eigenvalue weighted by Crippen LogP contribution is -2.34. The van der Waals surface area contributed by atoms with E-state index in [2.05, 4.69) is 70.6 Å². The number of phosphoric acid groups is 6. The third-order valence-corrected chi connectivity index (χ3v) is 26.1. The first-order valence-corrected chi connectivity index (χ1v) is 45.3. The molecule has 6 heterocycles. The maximum atomic E-state index is 13.5. The molecule has 4 aromatic carbocycles. The molecule has 124 heavy (non-hydrogen) atoms. The van der Waals surface area contributed by atoms with Crippen LogP contribution in [0.3, 0.4) is 0 Å². The normalized spacial score (nSPS) is 17.2. The number of aromatic nitrogens is 4. The molecule has 4 aliphatic heterocycles. The van der Waals surface area contributed by atoms with Gasteiger partial charge in [0.15, 0.2) is 0 Å². The molecule has 12 N–H and O–H groups in total. The first-order chi connectivity index (χ1) is 58.0. The molecular weight excluding hydrogens is 1760 g/mol. The molecule has 2 aromatic heterocycles. The zero-order chi connectivity index (χ0) is 90.6. The number of benzene rings is 6. The van der Waals surface area contributed by atoms with Gasteiger partial charge in [0.05, 0.1) is 62.6 Å². The van der Waals surface area contributed by atoms with Gasteiger partial charge in [-0.1, -0.05) is 35.8 Å². The highest BCUT2D eigenvalue weighted by Crippen LogP contribution is 2.68. The molecular formula is C74H76N10O34P6. The average molecular weight is 1840 g/mol. The van der Waals surface area contributed by atoms with Gasteiger partial charge in [-0.2, -0.15) is 17.2 Å². The highest BCUT2D eigenvalue weighted by atomic mass is 31.3. The molecule has 0 bridgehead atoms. The Hall–Kier alpha value is -11.0. The van der Waals surface area contributed by atoms with E-state index in [1.807, 2.05) is 148 Å². The average Bonchev–Trinajstić information content (AvgIpc) is 0.874. The molecule has 50 heteroatoms. The van der Waals surface area contributed by atoms with Gasteiger partial charge < -0.3 is 97.7 Å². The molecule has 0 spiro atoms. The second kappa shape index (κ2) is 37.8. The van der Waals surface area contributed by atoms with E-state index in [0.717, 1.165) is 43.6 Å². The van der Waals surface area contributed by atoms with Crippen molar-refractivity contribution in [1.29, 1.82) is 0 Å². The number of carboxylic acids is 2. The summed E-state index contributed by atoms with van der Waals surface area (Å²) in [6.07, 6.45) is -1.52. The number of anilines is 2. The highest BCUT2D eigenvalue weighted by Gasteiger charge is 2.44. The van der Waals surface area contributed by atoms with Crippen LogP contribution in [0.25, 0.3) is 66.8 Å². The molecule has 6 aromatic rings. The molecule has 656 valence electrons. The first kappa shape index (κ1) is 93.7.